The van der Waals surface area contributed by atoms with Gasteiger partial charge in [-0.2, -0.15) is 0 Å². The summed E-state index contributed by atoms with van der Waals surface area (Å²) in [5, 5.41) is 4.40. The number of rotatable bonds is 1. The van der Waals surface area contributed by atoms with Crippen LogP contribution >= 0.6 is 0 Å². The lowest BCUT2D eigenvalue weighted by molar-refractivity contribution is 0.0761. The fourth-order valence-electron chi connectivity index (χ4n) is 2.41. The van der Waals surface area contributed by atoms with Gasteiger partial charge in [0.05, 0.1) is 0 Å². The highest BCUT2D eigenvalue weighted by atomic mass is 16.2. The molecule has 0 bridgehead atoms. The molecule has 1 aliphatic rings. The highest BCUT2D eigenvalue weighted by Gasteiger charge is 2.18. The van der Waals surface area contributed by atoms with Gasteiger partial charge in [0.2, 0.25) is 0 Å². The van der Waals surface area contributed by atoms with E-state index in [0.29, 0.717) is 5.69 Å². The first-order valence-corrected chi connectivity index (χ1v) is 6.42. The van der Waals surface area contributed by atoms with E-state index in [1.54, 1.807) is 0 Å². The first-order chi connectivity index (χ1) is 8.84. The SMILES string of the molecule is O=C(c1cc2ccccc2[nH]1)N1CCCNCC1. The maximum absolute atomic E-state index is 12.4. The zero-order chi connectivity index (χ0) is 12.4. The van der Waals surface area contributed by atoms with Crippen LogP contribution in [0.3, 0.4) is 0 Å². The second kappa shape index (κ2) is 4.82. The third-order valence-corrected chi connectivity index (χ3v) is 3.39. The van der Waals surface area contributed by atoms with Gasteiger partial charge >= 0.3 is 0 Å². The summed E-state index contributed by atoms with van der Waals surface area (Å²) in [5.74, 6) is 0.106. The lowest BCUT2D eigenvalue weighted by Gasteiger charge is -2.18. The first kappa shape index (κ1) is 11.3. The summed E-state index contributed by atoms with van der Waals surface area (Å²) in [5.41, 5.74) is 1.71. The zero-order valence-electron chi connectivity index (χ0n) is 10.3. The Hall–Kier alpha value is -1.81. The minimum atomic E-state index is 0.106. The van der Waals surface area contributed by atoms with Gasteiger partial charge in [0, 0.05) is 30.5 Å². The van der Waals surface area contributed by atoms with Gasteiger partial charge in [0.25, 0.3) is 5.91 Å². The van der Waals surface area contributed by atoms with Crippen molar-refractivity contribution in [1.29, 1.82) is 0 Å². The van der Waals surface area contributed by atoms with Gasteiger partial charge in [-0.3, -0.25) is 4.79 Å². The molecule has 1 amide bonds. The number of nitrogens with zero attached hydrogens (tertiary/aromatic N) is 1. The lowest BCUT2D eigenvalue weighted by atomic mass is 10.2. The van der Waals surface area contributed by atoms with Crippen molar-refractivity contribution < 1.29 is 4.79 Å². The number of para-hydroxylation sites is 1. The number of benzene rings is 1. The number of aromatic nitrogens is 1. The van der Waals surface area contributed by atoms with Crippen molar-refractivity contribution in [1.82, 2.24) is 15.2 Å². The smallest absolute Gasteiger partial charge is 0.270 e. The molecule has 0 spiro atoms. The van der Waals surface area contributed by atoms with Crippen LogP contribution in [0.15, 0.2) is 30.3 Å². The number of fused-ring (bicyclic) bond motifs is 1. The van der Waals surface area contributed by atoms with Crippen molar-refractivity contribution in [3.63, 3.8) is 0 Å². The van der Waals surface area contributed by atoms with Crippen LogP contribution in [-0.4, -0.2) is 42.0 Å². The Kier molecular flexibility index (Phi) is 3.02. The molecule has 0 atom stereocenters. The standard InChI is InChI=1S/C14H17N3O/c18-14(17-8-3-6-15-7-9-17)13-10-11-4-1-2-5-12(11)16-13/h1-2,4-5,10,15-16H,3,6-9H2. The number of hydrogen-bond donors (Lipinski definition) is 2. The molecule has 4 nitrogen and oxygen atoms in total. The monoisotopic (exact) mass is 243 g/mol. The van der Waals surface area contributed by atoms with Gasteiger partial charge in [0.1, 0.15) is 5.69 Å². The molecule has 2 aromatic rings. The average Bonchev–Trinajstić information content (AvgIpc) is 2.64. The molecule has 0 unspecified atom stereocenters. The van der Waals surface area contributed by atoms with Crippen molar-refractivity contribution in [3.05, 3.63) is 36.0 Å². The van der Waals surface area contributed by atoms with Crippen LogP contribution in [-0.2, 0) is 0 Å². The summed E-state index contributed by atoms with van der Waals surface area (Å²) in [6.45, 7) is 3.50. The number of amides is 1. The molecule has 4 heteroatoms. The lowest BCUT2D eigenvalue weighted by Crippen LogP contribution is -2.34. The maximum Gasteiger partial charge on any atom is 0.270 e. The number of carbonyl (C=O) groups is 1. The minimum Gasteiger partial charge on any atom is -0.351 e. The zero-order valence-corrected chi connectivity index (χ0v) is 10.3. The molecule has 1 aromatic heterocycles. The van der Waals surface area contributed by atoms with Crippen molar-refractivity contribution >= 4 is 16.8 Å². The van der Waals surface area contributed by atoms with Crippen LogP contribution in [0, 0.1) is 0 Å². The molecule has 0 saturated carbocycles. The molecular weight excluding hydrogens is 226 g/mol. The Morgan fingerprint density at radius 3 is 2.94 bits per heavy atom. The Labute approximate surface area is 106 Å². The van der Waals surface area contributed by atoms with E-state index in [-0.39, 0.29) is 5.91 Å². The Balaban J connectivity index is 1.86. The molecule has 18 heavy (non-hydrogen) atoms. The third-order valence-electron chi connectivity index (χ3n) is 3.39. The molecule has 1 saturated heterocycles. The van der Waals surface area contributed by atoms with E-state index in [1.807, 2.05) is 35.2 Å². The number of aromatic amines is 1. The second-order valence-corrected chi connectivity index (χ2v) is 4.67. The summed E-state index contributed by atoms with van der Waals surface area (Å²) in [4.78, 5) is 17.5. The third kappa shape index (κ3) is 2.11. The normalized spacial score (nSPS) is 16.8. The number of hydrogen-bond acceptors (Lipinski definition) is 2. The molecule has 94 valence electrons. The summed E-state index contributed by atoms with van der Waals surface area (Å²) < 4.78 is 0. The van der Waals surface area contributed by atoms with Crippen LogP contribution in [0.1, 0.15) is 16.9 Å². The Morgan fingerprint density at radius 2 is 2.06 bits per heavy atom. The van der Waals surface area contributed by atoms with Gasteiger partial charge in [-0.1, -0.05) is 18.2 Å². The molecule has 1 fully saturated rings. The van der Waals surface area contributed by atoms with Gasteiger partial charge < -0.3 is 15.2 Å². The molecule has 0 radical (unpaired) electrons. The van der Waals surface area contributed by atoms with Crippen LogP contribution in [0.25, 0.3) is 10.9 Å². The molecular formula is C14H17N3O. The molecule has 2 N–H and O–H groups in total. The van der Waals surface area contributed by atoms with E-state index in [4.69, 9.17) is 0 Å². The fraction of sp³-hybridized carbons (Fsp3) is 0.357. The second-order valence-electron chi connectivity index (χ2n) is 4.67. The predicted molar refractivity (Wildman–Crippen MR) is 71.7 cm³/mol. The maximum atomic E-state index is 12.4. The van der Waals surface area contributed by atoms with Crippen LogP contribution < -0.4 is 5.32 Å². The average molecular weight is 243 g/mol. The van der Waals surface area contributed by atoms with E-state index in [0.717, 1.165) is 43.5 Å². The van der Waals surface area contributed by atoms with E-state index >= 15 is 0 Å². The van der Waals surface area contributed by atoms with Gasteiger partial charge in [-0.05, 0) is 25.1 Å². The Bertz CT molecular complexity index is 520. The number of carbonyl (C=O) groups excluding carboxylic acids is 1. The van der Waals surface area contributed by atoms with Crippen LogP contribution in [0.4, 0.5) is 0 Å². The first-order valence-electron chi connectivity index (χ1n) is 6.42. The largest absolute Gasteiger partial charge is 0.351 e. The van der Waals surface area contributed by atoms with E-state index in [2.05, 4.69) is 10.3 Å². The van der Waals surface area contributed by atoms with Gasteiger partial charge in [-0.15, -0.1) is 0 Å². The van der Waals surface area contributed by atoms with Crippen LogP contribution in [0.5, 0.6) is 0 Å². The molecule has 2 heterocycles. The molecule has 0 aliphatic carbocycles. The number of nitrogens with one attached hydrogen (secondary N) is 2. The van der Waals surface area contributed by atoms with Crippen molar-refractivity contribution in [3.8, 4) is 0 Å². The Morgan fingerprint density at radius 1 is 1.17 bits per heavy atom. The van der Waals surface area contributed by atoms with E-state index in [9.17, 15) is 4.79 Å². The van der Waals surface area contributed by atoms with Crippen molar-refractivity contribution in [2.75, 3.05) is 26.2 Å². The van der Waals surface area contributed by atoms with Crippen LogP contribution in [0.2, 0.25) is 0 Å². The topological polar surface area (TPSA) is 48.1 Å². The highest BCUT2D eigenvalue weighted by Crippen LogP contribution is 2.16. The molecule has 1 aromatic carbocycles. The highest BCUT2D eigenvalue weighted by molar-refractivity contribution is 5.98. The predicted octanol–water partition coefficient (Wildman–Crippen LogP) is 1.60. The number of H-pyrrole nitrogens is 1. The minimum absolute atomic E-state index is 0.106. The van der Waals surface area contributed by atoms with Crippen molar-refractivity contribution in [2.24, 2.45) is 0 Å². The van der Waals surface area contributed by atoms with Gasteiger partial charge in [0.15, 0.2) is 0 Å². The summed E-state index contributed by atoms with van der Waals surface area (Å²) in [7, 11) is 0. The molecule has 1 aliphatic heterocycles. The summed E-state index contributed by atoms with van der Waals surface area (Å²) in [6, 6.07) is 9.92. The quantitative estimate of drug-likeness (QED) is 0.799. The summed E-state index contributed by atoms with van der Waals surface area (Å²) >= 11 is 0. The fourth-order valence-corrected chi connectivity index (χ4v) is 2.41. The summed E-state index contributed by atoms with van der Waals surface area (Å²) in [6.07, 6.45) is 1.02. The van der Waals surface area contributed by atoms with Gasteiger partial charge in [-0.25, -0.2) is 0 Å². The van der Waals surface area contributed by atoms with E-state index in [1.165, 1.54) is 0 Å². The van der Waals surface area contributed by atoms with E-state index < -0.39 is 0 Å². The van der Waals surface area contributed by atoms with Crippen molar-refractivity contribution in [2.45, 2.75) is 6.42 Å². The molecule has 3 rings (SSSR count).